The Balaban J connectivity index is 0. The van der Waals surface area contributed by atoms with E-state index in [0.717, 1.165) is 5.88 Å². The van der Waals surface area contributed by atoms with Gasteiger partial charge in [0, 0.05) is 0 Å². The van der Waals surface area contributed by atoms with E-state index in [4.69, 9.17) is 11.6 Å². The van der Waals surface area contributed by atoms with E-state index in [2.05, 4.69) is 20.8 Å². The first-order chi connectivity index (χ1) is 9.74. The molecule has 0 aromatic carbocycles. The Kier molecular flexibility index (Phi) is 19.2. The predicted molar refractivity (Wildman–Crippen MR) is 93.6 cm³/mol. The van der Waals surface area contributed by atoms with Crippen LogP contribution < -0.4 is 12.4 Å². The molecular formula is C18H39Cl2N. The van der Waals surface area contributed by atoms with Crippen molar-refractivity contribution in [2.24, 2.45) is 0 Å². The maximum Gasteiger partial charge on any atom is 0.0924 e. The molecule has 0 spiro atoms. The number of halogens is 2. The Morgan fingerprint density at radius 2 is 1.00 bits per heavy atom. The number of hydrogen-bond donors (Lipinski definition) is 0. The van der Waals surface area contributed by atoms with Gasteiger partial charge in [0.1, 0.15) is 0 Å². The van der Waals surface area contributed by atoms with Gasteiger partial charge >= 0.3 is 0 Å². The van der Waals surface area contributed by atoms with Crippen molar-refractivity contribution in [3.05, 3.63) is 0 Å². The van der Waals surface area contributed by atoms with Crippen LogP contribution >= 0.6 is 11.6 Å². The lowest BCUT2D eigenvalue weighted by molar-refractivity contribution is -0.926. The lowest BCUT2D eigenvalue weighted by Gasteiger charge is -2.39. The van der Waals surface area contributed by atoms with Gasteiger partial charge in [-0.25, -0.2) is 0 Å². The van der Waals surface area contributed by atoms with E-state index in [1.807, 2.05) is 0 Å². The summed E-state index contributed by atoms with van der Waals surface area (Å²) in [6, 6.07) is 0. The van der Waals surface area contributed by atoms with E-state index in [-0.39, 0.29) is 12.4 Å². The summed E-state index contributed by atoms with van der Waals surface area (Å²) in [7, 11) is 0. The molecule has 0 aliphatic rings. The number of rotatable bonds is 15. The van der Waals surface area contributed by atoms with E-state index in [0.29, 0.717) is 0 Å². The molecule has 0 unspecified atom stereocenters. The van der Waals surface area contributed by atoms with Gasteiger partial charge in [0.15, 0.2) is 0 Å². The summed E-state index contributed by atoms with van der Waals surface area (Å²) in [5.41, 5.74) is 0. The SMILES string of the molecule is CCCCCC[N+](CCCl)(CCCC)CCCCCC.[Cl-]. The molecule has 0 bridgehead atoms. The fourth-order valence-corrected chi connectivity index (χ4v) is 3.45. The van der Waals surface area contributed by atoms with Crippen LogP contribution in [-0.2, 0) is 0 Å². The van der Waals surface area contributed by atoms with E-state index in [1.165, 1.54) is 94.9 Å². The average Bonchev–Trinajstić information content (AvgIpc) is 2.46. The lowest BCUT2D eigenvalue weighted by Crippen LogP contribution is -3.00. The van der Waals surface area contributed by atoms with Gasteiger partial charge in [0.2, 0.25) is 0 Å². The Hall–Kier alpha value is 0.540. The van der Waals surface area contributed by atoms with Crippen LogP contribution in [0, 0.1) is 0 Å². The van der Waals surface area contributed by atoms with Crippen molar-refractivity contribution in [2.45, 2.75) is 85.0 Å². The van der Waals surface area contributed by atoms with Gasteiger partial charge in [0.25, 0.3) is 0 Å². The summed E-state index contributed by atoms with van der Waals surface area (Å²) in [4.78, 5) is 0. The highest BCUT2D eigenvalue weighted by molar-refractivity contribution is 6.17. The summed E-state index contributed by atoms with van der Waals surface area (Å²) in [5.74, 6) is 0.825. The smallest absolute Gasteiger partial charge is 0.0924 e. The van der Waals surface area contributed by atoms with Crippen LogP contribution in [0.2, 0.25) is 0 Å². The molecule has 0 fully saturated rings. The molecule has 0 amide bonds. The molecule has 0 rings (SSSR count). The molecule has 0 aliphatic carbocycles. The maximum atomic E-state index is 6.13. The van der Waals surface area contributed by atoms with Crippen molar-refractivity contribution in [3.8, 4) is 0 Å². The van der Waals surface area contributed by atoms with Gasteiger partial charge in [-0.3, -0.25) is 0 Å². The third-order valence-corrected chi connectivity index (χ3v) is 4.69. The number of hydrogen-bond acceptors (Lipinski definition) is 0. The van der Waals surface area contributed by atoms with E-state index < -0.39 is 0 Å². The lowest BCUT2D eigenvalue weighted by atomic mass is 10.1. The van der Waals surface area contributed by atoms with Crippen molar-refractivity contribution in [1.29, 1.82) is 0 Å². The van der Waals surface area contributed by atoms with Crippen molar-refractivity contribution in [3.63, 3.8) is 0 Å². The highest BCUT2D eigenvalue weighted by atomic mass is 35.5. The Bertz CT molecular complexity index is 186. The number of unbranched alkanes of at least 4 members (excludes halogenated alkanes) is 7. The fourth-order valence-electron chi connectivity index (χ4n) is 3.09. The van der Waals surface area contributed by atoms with Gasteiger partial charge in [0.05, 0.1) is 32.1 Å². The van der Waals surface area contributed by atoms with Gasteiger partial charge in [-0.1, -0.05) is 52.9 Å². The van der Waals surface area contributed by atoms with E-state index in [1.54, 1.807) is 0 Å². The van der Waals surface area contributed by atoms with Gasteiger partial charge < -0.3 is 16.9 Å². The van der Waals surface area contributed by atoms with E-state index >= 15 is 0 Å². The first kappa shape index (κ1) is 23.8. The molecule has 130 valence electrons. The minimum atomic E-state index is 0. The summed E-state index contributed by atoms with van der Waals surface area (Å²) in [6.45, 7) is 12.1. The normalized spacial score (nSPS) is 11.4. The molecular weight excluding hydrogens is 301 g/mol. The van der Waals surface area contributed by atoms with Crippen molar-refractivity contribution < 1.29 is 16.9 Å². The maximum absolute atomic E-state index is 6.13. The van der Waals surface area contributed by atoms with Gasteiger partial charge in [-0.2, -0.15) is 0 Å². The molecule has 0 aliphatic heterocycles. The topological polar surface area (TPSA) is 0 Å². The predicted octanol–water partition coefficient (Wildman–Crippen LogP) is 3.01. The second-order valence-electron chi connectivity index (χ2n) is 6.40. The molecule has 0 N–H and O–H groups in total. The highest BCUT2D eigenvalue weighted by Gasteiger charge is 2.25. The summed E-state index contributed by atoms with van der Waals surface area (Å²) in [5, 5.41) is 0. The molecule has 21 heavy (non-hydrogen) atoms. The standard InChI is InChI=1S/C18H39ClN.ClH/c1-4-7-10-12-16-20(18-14-19,15-9-6-3)17-13-11-8-5-2;/h4-18H2,1-3H3;1H/q+1;/p-1. The van der Waals surface area contributed by atoms with Crippen LogP contribution in [0.1, 0.15) is 85.0 Å². The summed E-state index contributed by atoms with van der Waals surface area (Å²) >= 11 is 6.13. The Morgan fingerprint density at radius 3 is 1.38 bits per heavy atom. The van der Waals surface area contributed by atoms with Crippen LogP contribution in [0.25, 0.3) is 0 Å². The molecule has 1 nitrogen and oxygen atoms in total. The van der Waals surface area contributed by atoms with Gasteiger partial charge in [-0.15, -0.1) is 11.6 Å². The Labute approximate surface area is 145 Å². The zero-order valence-corrected chi connectivity index (χ0v) is 16.3. The van der Waals surface area contributed by atoms with Crippen LogP contribution in [0.3, 0.4) is 0 Å². The minimum absolute atomic E-state index is 0. The van der Waals surface area contributed by atoms with Crippen molar-refractivity contribution >= 4 is 11.6 Å². The quantitative estimate of drug-likeness (QED) is 0.244. The molecule has 0 saturated heterocycles. The van der Waals surface area contributed by atoms with Crippen LogP contribution in [0.5, 0.6) is 0 Å². The zero-order valence-electron chi connectivity index (χ0n) is 14.8. The van der Waals surface area contributed by atoms with Crippen molar-refractivity contribution in [1.82, 2.24) is 0 Å². The molecule has 3 heteroatoms. The second kappa shape index (κ2) is 16.9. The fraction of sp³-hybridized carbons (Fsp3) is 1.00. The summed E-state index contributed by atoms with van der Waals surface area (Å²) in [6.07, 6.45) is 13.7. The second-order valence-corrected chi connectivity index (χ2v) is 6.78. The molecule has 0 radical (unpaired) electrons. The molecule has 0 aromatic heterocycles. The molecule has 0 aromatic rings. The average molecular weight is 340 g/mol. The first-order valence-electron chi connectivity index (χ1n) is 9.15. The molecule has 0 saturated carbocycles. The van der Waals surface area contributed by atoms with Crippen molar-refractivity contribution in [2.75, 3.05) is 32.1 Å². The molecule has 0 heterocycles. The highest BCUT2D eigenvalue weighted by Crippen LogP contribution is 2.16. The third-order valence-electron chi connectivity index (χ3n) is 4.52. The minimum Gasteiger partial charge on any atom is -1.00 e. The van der Waals surface area contributed by atoms with Crippen LogP contribution in [-0.4, -0.2) is 36.5 Å². The number of alkyl halides is 1. The largest absolute Gasteiger partial charge is 1.00 e. The third kappa shape index (κ3) is 12.7. The first-order valence-corrected chi connectivity index (χ1v) is 9.69. The van der Waals surface area contributed by atoms with Gasteiger partial charge in [-0.05, 0) is 32.1 Å². The van der Waals surface area contributed by atoms with Crippen LogP contribution in [0.15, 0.2) is 0 Å². The summed E-state index contributed by atoms with van der Waals surface area (Å²) < 4.78 is 1.30. The monoisotopic (exact) mass is 339 g/mol. The number of nitrogens with zero attached hydrogens (tertiary/aromatic N) is 1. The molecule has 0 atom stereocenters. The Morgan fingerprint density at radius 1 is 0.571 bits per heavy atom. The number of quaternary nitrogens is 1. The van der Waals surface area contributed by atoms with E-state index in [9.17, 15) is 0 Å². The zero-order chi connectivity index (χ0) is 15.1. The van der Waals surface area contributed by atoms with Crippen LogP contribution in [0.4, 0.5) is 0 Å².